The van der Waals surface area contributed by atoms with Gasteiger partial charge in [-0.15, -0.1) is 0 Å². The summed E-state index contributed by atoms with van der Waals surface area (Å²) in [5.74, 6) is -2.28. The van der Waals surface area contributed by atoms with Gasteiger partial charge in [0.05, 0.1) is 28.6 Å². The molecule has 1 fully saturated rings. The molecule has 0 saturated carbocycles. The first-order valence-corrected chi connectivity index (χ1v) is 11.4. The van der Waals surface area contributed by atoms with Crippen LogP contribution in [0.1, 0.15) is 45.7 Å². The highest BCUT2D eigenvalue weighted by Gasteiger charge is 2.74. The Hall–Kier alpha value is -2.71. The van der Waals surface area contributed by atoms with Crippen LogP contribution in [0, 0.1) is 11.6 Å². The lowest BCUT2D eigenvalue weighted by atomic mass is 9.78. The van der Waals surface area contributed by atoms with Gasteiger partial charge in [0.15, 0.2) is 5.82 Å². The van der Waals surface area contributed by atoms with Crippen molar-refractivity contribution in [3.63, 3.8) is 0 Å². The van der Waals surface area contributed by atoms with E-state index < -0.39 is 71.8 Å². The summed E-state index contributed by atoms with van der Waals surface area (Å²) in [5.41, 5.74) is -8.20. The summed E-state index contributed by atoms with van der Waals surface area (Å²) in [6.45, 7) is 7.32. The second kappa shape index (κ2) is 8.92. The van der Waals surface area contributed by atoms with Crippen molar-refractivity contribution in [2.75, 3.05) is 5.01 Å². The molecule has 2 aromatic rings. The molecule has 2 aliphatic heterocycles. The minimum absolute atomic E-state index is 0.152. The van der Waals surface area contributed by atoms with Crippen LogP contribution in [0.4, 0.5) is 40.8 Å². The molecule has 0 spiro atoms. The number of nitrogens with zero attached hydrogens (tertiary/aromatic N) is 2. The fourth-order valence-corrected chi connectivity index (χ4v) is 4.22. The van der Waals surface area contributed by atoms with Gasteiger partial charge < -0.3 is 14.4 Å². The van der Waals surface area contributed by atoms with Gasteiger partial charge in [-0.25, -0.2) is 8.78 Å². The maximum absolute atomic E-state index is 14.6. The Bertz CT molecular complexity index is 1210. The van der Waals surface area contributed by atoms with Crippen LogP contribution in [-0.4, -0.2) is 47.1 Å². The number of benzene rings is 2. The van der Waals surface area contributed by atoms with Crippen LogP contribution in [0.15, 0.2) is 47.6 Å². The van der Waals surface area contributed by atoms with Gasteiger partial charge in [-0.2, -0.15) is 31.4 Å². The molecule has 2 heterocycles. The summed E-state index contributed by atoms with van der Waals surface area (Å²) >= 11 is 0. The van der Waals surface area contributed by atoms with E-state index in [4.69, 9.17) is 9.31 Å². The zero-order valence-corrected chi connectivity index (χ0v) is 20.6. The number of alkyl halides is 6. The lowest BCUT2D eigenvalue weighted by Gasteiger charge is -2.32. The summed E-state index contributed by atoms with van der Waals surface area (Å²) in [6.07, 6.45) is -13.4. The van der Waals surface area contributed by atoms with Gasteiger partial charge in [0.1, 0.15) is 5.82 Å². The molecule has 206 valence electrons. The molecule has 0 aliphatic carbocycles. The highest BCUT2D eigenvalue weighted by atomic mass is 19.4. The van der Waals surface area contributed by atoms with Gasteiger partial charge in [0.2, 0.25) is 0 Å². The normalized spacial score (nSPS) is 21.7. The van der Waals surface area contributed by atoms with Gasteiger partial charge >= 0.3 is 19.5 Å². The summed E-state index contributed by atoms with van der Waals surface area (Å²) in [6, 6.07) is 6.46. The van der Waals surface area contributed by atoms with E-state index in [1.165, 1.54) is 24.3 Å². The molecule has 38 heavy (non-hydrogen) atoms. The maximum Gasteiger partial charge on any atom is 0.494 e. The highest BCUT2D eigenvalue weighted by Crippen LogP contribution is 2.49. The molecule has 14 heteroatoms. The largest absolute Gasteiger partial charge is 0.494 e. The molecule has 0 aromatic heterocycles. The minimum atomic E-state index is -6.17. The SMILES string of the molecule is CC1(C)OB(c2ccc(C3CC(C(O)(C(F)(F)F)C(F)(F)F)=NN3c3ccc(F)cc3F)cc2)OC1(C)C. The summed E-state index contributed by atoms with van der Waals surface area (Å²) in [7, 11) is -0.796. The molecule has 1 atom stereocenters. The molecule has 1 saturated heterocycles. The van der Waals surface area contributed by atoms with Crippen molar-refractivity contribution in [3.8, 4) is 0 Å². The number of rotatable bonds is 4. The van der Waals surface area contributed by atoms with Crippen LogP contribution in [-0.2, 0) is 9.31 Å². The first kappa shape index (κ1) is 28.3. The quantitative estimate of drug-likeness (QED) is 0.408. The standard InChI is InChI=1S/C24H23BF8N2O3/c1-20(2)21(3,4)38-25(37-20)14-7-5-13(6-8-14)18-12-19(22(36,23(28,29)30)24(31,32)33)34-35(18)17-10-9-15(26)11-16(17)27/h5-11,18,36H,12H2,1-4H3. The van der Waals surface area contributed by atoms with Crippen molar-refractivity contribution < 1.29 is 49.5 Å². The second-order valence-corrected chi connectivity index (χ2v) is 10.2. The first-order valence-electron chi connectivity index (χ1n) is 11.4. The maximum atomic E-state index is 14.6. The summed E-state index contributed by atoms with van der Waals surface area (Å²) < 4.78 is 121. The molecule has 2 aromatic carbocycles. The van der Waals surface area contributed by atoms with Crippen molar-refractivity contribution in [1.29, 1.82) is 0 Å². The third kappa shape index (κ3) is 4.56. The zero-order chi connectivity index (χ0) is 28.5. The van der Waals surface area contributed by atoms with Gasteiger partial charge in [-0.1, -0.05) is 24.3 Å². The average molecular weight is 550 g/mol. The van der Waals surface area contributed by atoms with Crippen LogP contribution in [0.5, 0.6) is 0 Å². The molecular weight excluding hydrogens is 527 g/mol. The number of hydrogen-bond donors (Lipinski definition) is 1. The van der Waals surface area contributed by atoms with Crippen molar-refractivity contribution in [1.82, 2.24) is 0 Å². The van der Waals surface area contributed by atoms with E-state index in [-0.39, 0.29) is 5.56 Å². The Morgan fingerprint density at radius 2 is 1.42 bits per heavy atom. The highest BCUT2D eigenvalue weighted by molar-refractivity contribution is 6.62. The zero-order valence-electron chi connectivity index (χ0n) is 20.6. The van der Waals surface area contributed by atoms with Gasteiger partial charge in [0, 0.05) is 12.5 Å². The van der Waals surface area contributed by atoms with Crippen molar-refractivity contribution in [2.24, 2.45) is 5.10 Å². The Labute approximate surface area is 213 Å². The van der Waals surface area contributed by atoms with Gasteiger partial charge in [-0.3, -0.25) is 5.01 Å². The van der Waals surface area contributed by atoms with Crippen LogP contribution in [0.25, 0.3) is 0 Å². The molecule has 4 rings (SSSR count). The topological polar surface area (TPSA) is 54.3 Å². The summed E-state index contributed by atoms with van der Waals surface area (Å²) in [4.78, 5) is 0. The third-order valence-corrected chi connectivity index (χ3v) is 7.15. The molecular formula is C24H23BF8N2O3. The smallest absolute Gasteiger partial charge is 0.399 e. The van der Waals surface area contributed by atoms with Crippen molar-refractivity contribution in [3.05, 3.63) is 59.7 Å². The Morgan fingerprint density at radius 1 is 0.895 bits per heavy atom. The third-order valence-electron chi connectivity index (χ3n) is 7.15. The number of halogens is 8. The van der Waals surface area contributed by atoms with E-state index in [9.17, 15) is 40.2 Å². The Morgan fingerprint density at radius 3 is 1.89 bits per heavy atom. The van der Waals surface area contributed by atoms with Gasteiger partial charge in [-0.05, 0) is 50.9 Å². The Kier molecular flexibility index (Phi) is 6.64. The monoisotopic (exact) mass is 550 g/mol. The van der Waals surface area contributed by atoms with E-state index in [0.717, 1.165) is 12.1 Å². The van der Waals surface area contributed by atoms with E-state index in [1.54, 1.807) is 0 Å². The van der Waals surface area contributed by atoms with E-state index in [1.807, 2.05) is 27.7 Å². The fourth-order valence-electron chi connectivity index (χ4n) is 4.22. The molecule has 0 radical (unpaired) electrons. The first-order chi connectivity index (χ1) is 17.3. The second-order valence-electron chi connectivity index (χ2n) is 10.2. The van der Waals surface area contributed by atoms with Crippen LogP contribution < -0.4 is 10.5 Å². The number of anilines is 1. The van der Waals surface area contributed by atoms with Crippen LogP contribution >= 0.6 is 0 Å². The van der Waals surface area contributed by atoms with Crippen LogP contribution in [0.3, 0.4) is 0 Å². The lowest BCUT2D eigenvalue weighted by Crippen LogP contribution is -2.62. The summed E-state index contributed by atoms with van der Waals surface area (Å²) in [5, 5.41) is 13.9. The van der Waals surface area contributed by atoms with Crippen LogP contribution in [0.2, 0.25) is 0 Å². The van der Waals surface area contributed by atoms with Crippen molar-refractivity contribution >= 4 is 24.0 Å². The molecule has 1 unspecified atom stereocenters. The fraction of sp³-hybridized carbons (Fsp3) is 0.458. The molecule has 5 nitrogen and oxygen atoms in total. The average Bonchev–Trinajstić information content (AvgIpc) is 3.30. The molecule has 1 N–H and O–H groups in total. The number of hydrogen-bond acceptors (Lipinski definition) is 5. The van der Waals surface area contributed by atoms with Crippen molar-refractivity contribution in [2.45, 2.75) is 69.3 Å². The predicted octanol–water partition coefficient (Wildman–Crippen LogP) is 5.43. The lowest BCUT2D eigenvalue weighted by molar-refractivity contribution is -0.338. The number of aliphatic hydroxyl groups is 1. The van der Waals surface area contributed by atoms with Gasteiger partial charge in [0.25, 0.3) is 5.60 Å². The molecule has 0 bridgehead atoms. The minimum Gasteiger partial charge on any atom is -0.399 e. The number of hydrazone groups is 1. The van der Waals surface area contributed by atoms with E-state index in [2.05, 4.69) is 5.10 Å². The van der Waals surface area contributed by atoms with E-state index in [0.29, 0.717) is 16.5 Å². The predicted molar refractivity (Wildman–Crippen MR) is 123 cm³/mol. The Balaban J connectivity index is 1.75. The van der Waals surface area contributed by atoms with E-state index >= 15 is 0 Å². The molecule has 2 aliphatic rings. The molecule has 0 amide bonds.